The van der Waals surface area contributed by atoms with Crippen molar-refractivity contribution in [2.45, 2.75) is 25.4 Å². The molecular formula is C24H25N4S+. The van der Waals surface area contributed by atoms with E-state index in [9.17, 15) is 0 Å². The van der Waals surface area contributed by atoms with Gasteiger partial charge in [-0.05, 0) is 23.6 Å². The molecule has 2 aromatic heterocycles. The molecule has 5 rings (SSSR count). The quantitative estimate of drug-likeness (QED) is 0.531. The summed E-state index contributed by atoms with van der Waals surface area (Å²) in [5.74, 6) is 1.78. The Bertz CT molecular complexity index is 1070. The van der Waals surface area contributed by atoms with Crippen molar-refractivity contribution in [1.29, 1.82) is 0 Å². The lowest BCUT2D eigenvalue weighted by molar-refractivity contribution is -0.918. The first-order chi connectivity index (χ1) is 14.3. The lowest BCUT2D eigenvalue weighted by Crippen LogP contribution is -3.12. The highest BCUT2D eigenvalue weighted by molar-refractivity contribution is 7.13. The average molecular weight is 402 g/mol. The van der Waals surface area contributed by atoms with Gasteiger partial charge in [0.25, 0.3) is 0 Å². The first kappa shape index (κ1) is 18.3. The summed E-state index contributed by atoms with van der Waals surface area (Å²) in [6.07, 6.45) is 2.32. The summed E-state index contributed by atoms with van der Waals surface area (Å²) in [4.78, 5) is 12.5. The number of hydrogen-bond donors (Lipinski definition) is 2. The third-order valence-corrected chi connectivity index (χ3v) is 6.54. The number of benzene rings is 2. The van der Waals surface area contributed by atoms with Crippen LogP contribution in [-0.4, -0.2) is 29.1 Å². The van der Waals surface area contributed by atoms with E-state index >= 15 is 0 Å². The second kappa shape index (κ2) is 8.31. The van der Waals surface area contributed by atoms with E-state index in [1.165, 1.54) is 18.7 Å². The molecule has 1 aliphatic rings. The number of piperidine rings is 1. The van der Waals surface area contributed by atoms with Crippen LogP contribution in [0.1, 0.15) is 18.4 Å². The second-order valence-corrected chi connectivity index (χ2v) is 8.67. The molecule has 3 heterocycles. The Morgan fingerprint density at radius 1 is 0.897 bits per heavy atom. The molecule has 4 aromatic rings. The van der Waals surface area contributed by atoms with E-state index in [0.29, 0.717) is 6.04 Å². The van der Waals surface area contributed by atoms with Crippen LogP contribution < -0.4 is 10.2 Å². The van der Waals surface area contributed by atoms with Gasteiger partial charge in [-0.3, -0.25) is 0 Å². The van der Waals surface area contributed by atoms with Gasteiger partial charge < -0.3 is 10.2 Å². The minimum absolute atomic E-state index is 0.462. The van der Waals surface area contributed by atoms with Crippen LogP contribution in [0.2, 0.25) is 0 Å². The molecule has 0 radical (unpaired) electrons. The molecular weight excluding hydrogens is 376 g/mol. The standard InChI is InChI=1S/C24H24N4S/c1-2-7-18(8-3-1)17-28-14-12-19(13-15-28)25-23-20-9-4-5-10-21(20)26-24(27-23)22-11-6-16-29-22/h1-11,16,19H,12-15,17H2,(H,25,26,27)/p+1. The fourth-order valence-electron chi connectivity index (χ4n) is 4.13. The normalized spacial score (nSPS) is 19.3. The minimum atomic E-state index is 0.462. The maximum Gasteiger partial charge on any atom is 0.172 e. The summed E-state index contributed by atoms with van der Waals surface area (Å²) in [5, 5.41) is 6.93. The Morgan fingerprint density at radius 2 is 1.69 bits per heavy atom. The number of nitrogens with one attached hydrogen (secondary N) is 2. The van der Waals surface area contributed by atoms with Crippen molar-refractivity contribution in [2.24, 2.45) is 0 Å². The second-order valence-electron chi connectivity index (χ2n) is 7.72. The Kier molecular flexibility index (Phi) is 5.24. The summed E-state index contributed by atoms with van der Waals surface area (Å²) >= 11 is 1.68. The highest BCUT2D eigenvalue weighted by Crippen LogP contribution is 2.28. The van der Waals surface area contributed by atoms with E-state index in [1.807, 2.05) is 6.07 Å². The molecule has 0 saturated carbocycles. The summed E-state index contributed by atoms with van der Waals surface area (Å²) in [6.45, 7) is 3.49. The number of thiophene rings is 1. The third kappa shape index (κ3) is 4.16. The van der Waals surface area contributed by atoms with E-state index in [-0.39, 0.29) is 0 Å². The first-order valence-corrected chi connectivity index (χ1v) is 11.2. The van der Waals surface area contributed by atoms with Crippen molar-refractivity contribution in [1.82, 2.24) is 9.97 Å². The van der Waals surface area contributed by atoms with Crippen molar-refractivity contribution < 1.29 is 4.90 Å². The molecule has 0 spiro atoms. The third-order valence-electron chi connectivity index (χ3n) is 5.68. The van der Waals surface area contributed by atoms with Crippen molar-refractivity contribution in [2.75, 3.05) is 18.4 Å². The maximum absolute atomic E-state index is 4.91. The fourth-order valence-corrected chi connectivity index (χ4v) is 4.79. The van der Waals surface area contributed by atoms with Crippen LogP contribution in [0, 0.1) is 0 Å². The van der Waals surface area contributed by atoms with Gasteiger partial charge in [0.1, 0.15) is 12.4 Å². The Labute approximate surface area is 175 Å². The maximum atomic E-state index is 4.91. The lowest BCUT2D eigenvalue weighted by atomic mass is 10.0. The van der Waals surface area contributed by atoms with Gasteiger partial charge in [0, 0.05) is 29.8 Å². The fraction of sp³-hybridized carbons (Fsp3) is 0.250. The van der Waals surface area contributed by atoms with Gasteiger partial charge in [0.05, 0.1) is 23.5 Å². The molecule has 0 aliphatic carbocycles. The van der Waals surface area contributed by atoms with Gasteiger partial charge in [-0.2, -0.15) is 0 Å². The molecule has 4 nitrogen and oxygen atoms in total. The number of aromatic nitrogens is 2. The number of hydrogen-bond acceptors (Lipinski definition) is 4. The van der Waals surface area contributed by atoms with Crippen molar-refractivity contribution in [3.05, 3.63) is 77.7 Å². The van der Waals surface area contributed by atoms with Crippen LogP contribution >= 0.6 is 11.3 Å². The minimum Gasteiger partial charge on any atom is -0.366 e. The molecule has 1 saturated heterocycles. The summed E-state index contributed by atoms with van der Waals surface area (Å²) in [6, 6.07) is 23.7. The average Bonchev–Trinajstić information content (AvgIpc) is 3.31. The molecule has 1 fully saturated rings. The Balaban J connectivity index is 1.32. The number of para-hydroxylation sites is 1. The number of fused-ring (bicyclic) bond motifs is 1. The van der Waals surface area contributed by atoms with E-state index in [0.717, 1.165) is 46.8 Å². The zero-order valence-electron chi connectivity index (χ0n) is 16.3. The molecule has 0 bridgehead atoms. The zero-order valence-corrected chi connectivity index (χ0v) is 17.2. The van der Waals surface area contributed by atoms with Crippen LogP contribution in [-0.2, 0) is 6.54 Å². The van der Waals surface area contributed by atoms with Crippen LogP contribution in [0.3, 0.4) is 0 Å². The summed E-state index contributed by atoms with van der Waals surface area (Å²) in [5.41, 5.74) is 2.43. The lowest BCUT2D eigenvalue weighted by Gasteiger charge is -2.30. The predicted molar refractivity (Wildman–Crippen MR) is 120 cm³/mol. The van der Waals surface area contributed by atoms with E-state index < -0.39 is 0 Å². The summed E-state index contributed by atoms with van der Waals surface area (Å²) < 4.78 is 0. The number of likely N-dealkylation sites (tertiary alicyclic amines) is 1. The van der Waals surface area contributed by atoms with Crippen LogP contribution in [0.5, 0.6) is 0 Å². The van der Waals surface area contributed by atoms with Gasteiger partial charge in [-0.25, -0.2) is 9.97 Å². The van der Waals surface area contributed by atoms with Crippen LogP contribution in [0.25, 0.3) is 21.6 Å². The molecule has 0 unspecified atom stereocenters. The molecule has 146 valence electrons. The monoisotopic (exact) mass is 401 g/mol. The van der Waals surface area contributed by atoms with Crippen LogP contribution in [0.15, 0.2) is 72.1 Å². The van der Waals surface area contributed by atoms with E-state index in [1.54, 1.807) is 16.2 Å². The molecule has 5 heteroatoms. The van der Waals surface area contributed by atoms with Gasteiger partial charge in [-0.15, -0.1) is 11.3 Å². The number of nitrogens with zero attached hydrogens (tertiary/aromatic N) is 2. The molecule has 2 N–H and O–H groups in total. The highest BCUT2D eigenvalue weighted by atomic mass is 32.1. The van der Waals surface area contributed by atoms with E-state index in [2.05, 4.69) is 71.4 Å². The molecule has 0 atom stereocenters. The molecule has 2 aromatic carbocycles. The van der Waals surface area contributed by atoms with Crippen molar-refractivity contribution >= 4 is 28.1 Å². The molecule has 0 amide bonds. The summed E-state index contributed by atoms with van der Waals surface area (Å²) in [7, 11) is 0. The number of rotatable bonds is 5. The first-order valence-electron chi connectivity index (χ1n) is 10.3. The van der Waals surface area contributed by atoms with Gasteiger partial charge in [-0.1, -0.05) is 48.5 Å². The van der Waals surface area contributed by atoms with E-state index in [4.69, 9.17) is 9.97 Å². The largest absolute Gasteiger partial charge is 0.366 e. The smallest absolute Gasteiger partial charge is 0.172 e. The highest BCUT2D eigenvalue weighted by Gasteiger charge is 2.23. The SMILES string of the molecule is c1ccc(C[NH+]2CCC(Nc3nc(-c4cccs4)nc4ccccc34)CC2)cc1. The zero-order chi connectivity index (χ0) is 19.5. The van der Waals surface area contributed by atoms with Gasteiger partial charge in [0.15, 0.2) is 5.82 Å². The van der Waals surface area contributed by atoms with Crippen molar-refractivity contribution in [3.8, 4) is 10.7 Å². The number of anilines is 1. The molecule has 29 heavy (non-hydrogen) atoms. The van der Waals surface area contributed by atoms with Gasteiger partial charge in [0.2, 0.25) is 0 Å². The topological polar surface area (TPSA) is 42.2 Å². The Morgan fingerprint density at radius 3 is 2.48 bits per heavy atom. The van der Waals surface area contributed by atoms with Crippen LogP contribution in [0.4, 0.5) is 5.82 Å². The van der Waals surface area contributed by atoms with Gasteiger partial charge >= 0.3 is 0 Å². The number of quaternary nitrogens is 1. The Hall–Kier alpha value is -2.76. The molecule has 1 aliphatic heterocycles. The predicted octanol–water partition coefficient (Wildman–Crippen LogP) is 4.02. The van der Waals surface area contributed by atoms with Crippen molar-refractivity contribution in [3.63, 3.8) is 0 Å².